The SMILES string of the molecule is Cc1nc(-c2nnn(C)c2CNc2nc(C(C)C)no2)ccc1O. The maximum atomic E-state index is 9.62. The number of anilines is 1. The smallest absolute Gasteiger partial charge is 0.321 e. The van der Waals surface area contributed by atoms with Crippen molar-refractivity contribution in [3.05, 3.63) is 29.3 Å². The minimum Gasteiger partial charge on any atom is -0.506 e. The monoisotopic (exact) mass is 329 g/mol. The van der Waals surface area contributed by atoms with Crippen LogP contribution in [-0.4, -0.2) is 35.2 Å². The third kappa shape index (κ3) is 3.05. The Balaban J connectivity index is 1.83. The molecule has 0 spiro atoms. The first-order chi connectivity index (χ1) is 11.5. The van der Waals surface area contributed by atoms with Crippen molar-refractivity contribution in [1.82, 2.24) is 30.1 Å². The van der Waals surface area contributed by atoms with E-state index in [4.69, 9.17) is 4.52 Å². The molecule has 0 bridgehead atoms. The third-order valence-corrected chi connectivity index (χ3v) is 3.61. The van der Waals surface area contributed by atoms with E-state index in [0.29, 0.717) is 35.5 Å². The Kier molecular flexibility index (Phi) is 4.15. The summed E-state index contributed by atoms with van der Waals surface area (Å²) in [6, 6.07) is 3.65. The van der Waals surface area contributed by atoms with E-state index in [1.807, 2.05) is 13.8 Å². The summed E-state index contributed by atoms with van der Waals surface area (Å²) < 4.78 is 6.83. The summed E-state index contributed by atoms with van der Waals surface area (Å²) in [7, 11) is 1.80. The molecule has 3 heterocycles. The molecule has 0 unspecified atom stereocenters. The zero-order chi connectivity index (χ0) is 17.3. The lowest BCUT2D eigenvalue weighted by Gasteiger charge is -2.05. The van der Waals surface area contributed by atoms with Gasteiger partial charge in [-0.2, -0.15) is 4.98 Å². The molecule has 3 aromatic rings. The highest BCUT2D eigenvalue weighted by molar-refractivity contribution is 5.58. The number of aromatic hydroxyl groups is 1. The Morgan fingerprint density at radius 2 is 2.08 bits per heavy atom. The molecule has 0 amide bonds. The molecule has 24 heavy (non-hydrogen) atoms. The number of hydrogen-bond acceptors (Lipinski definition) is 8. The summed E-state index contributed by atoms with van der Waals surface area (Å²) in [4.78, 5) is 8.63. The van der Waals surface area contributed by atoms with E-state index in [1.54, 1.807) is 30.8 Å². The van der Waals surface area contributed by atoms with Crippen LogP contribution in [0.3, 0.4) is 0 Å². The molecule has 0 aromatic carbocycles. The molecule has 3 aromatic heterocycles. The fraction of sp³-hybridized carbons (Fsp3) is 0.400. The molecule has 0 aliphatic rings. The van der Waals surface area contributed by atoms with Crippen molar-refractivity contribution in [1.29, 1.82) is 0 Å². The number of nitrogens with zero attached hydrogens (tertiary/aromatic N) is 6. The van der Waals surface area contributed by atoms with Crippen LogP contribution >= 0.6 is 0 Å². The van der Waals surface area contributed by atoms with Gasteiger partial charge in [-0.1, -0.05) is 24.2 Å². The van der Waals surface area contributed by atoms with E-state index >= 15 is 0 Å². The summed E-state index contributed by atoms with van der Waals surface area (Å²) in [5, 5.41) is 24.8. The Bertz CT molecular complexity index is 853. The highest BCUT2D eigenvalue weighted by atomic mass is 16.5. The second kappa shape index (κ2) is 6.26. The van der Waals surface area contributed by atoms with Gasteiger partial charge in [0.2, 0.25) is 0 Å². The van der Waals surface area contributed by atoms with E-state index in [2.05, 4.69) is 30.8 Å². The van der Waals surface area contributed by atoms with Crippen LogP contribution in [0.1, 0.15) is 37.0 Å². The lowest BCUT2D eigenvalue weighted by molar-refractivity contribution is 0.418. The lowest BCUT2D eigenvalue weighted by atomic mass is 10.2. The zero-order valence-corrected chi connectivity index (χ0v) is 14.0. The molecule has 126 valence electrons. The molecule has 0 aliphatic carbocycles. The summed E-state index contributed by atoms with van der Waals surface area (Å²) in [5.41, 5.74) is 2.63. The van der Waals surface area contributed by atoms with Crippen LogP contribution < -0.4 is 5.32 Å². The number of rotatable bonds is 5. The van der Waals surface area contributed by atoms with Crippen molar-refractivity contribution in [2.75, 3.05) is 5.32 Å². The van der Waals surface area contributed by atoms with Gasteiger partial charge >= 0.3 is 6.01 Å². The first-order valence-electron chi connectivity index (χ1n) is 7.58. The number of aromatic nitrogens is 6. The molecule has 2 N–H and O–H groups in total. The Morgan fingerprint density at radius 3 is 2.75 bits per heavy atom. The number of pyridine rings is 1. The average Bonchev–Trinajstić information content (AvgIpc) is 3.15. The molecule has 0 fully saturated rings. The highest BCUT2D eigenvalue weighted by Crippen LogP contribution is 2.23. The first-order valence-corrected chi connectivity index (χ1v) is 7.58. The van der Waals surface area contributed by atoms with Gasteiger partial charge in [0.1, 0.15) is 11.4 Å². The Labute approximate surface area is 138 Å². The van der Waals surface area contributed by atoms with Crippen LogP contribution in [0.2, 0.25) is 0 Å². The van der Waals surface area contributed by atoms with Gasteiger partial charge in [0.25, 0.3) is 0 Å². The number of hydrogen-bond donors (Lipinski definition) is 2. The zero-order valence-electron chi connectivity index (χ0n) is 14.0. The fourth-order valence-electron chi connectivity index (χ4n) is 2.16. The molecule has 9 heteroatoms. The summed E-state index contributed by atoms with van der Waals surface area (Å²) in [6.07, 6.45) is 0. The predicted molar refractivity (Wildman–Crippen MR) is 86.3 cm³/mol. The Morgan fingerprint density at radius 1 is 1.29 bits per heavy atom. The highest BCUT2D eigenvalue weighted by Gasteiger charge is 2.16. The summed E-state index contributed by atoms with van der Waals surface area (Å²) in [6.45, 7) is 6.13. The van der Waals surface area contributed by atoms with E-state index in [9.17, 15) is 5.11 Å². The van der Waals surface area contributed by atoms with Crippen molar-refractivity contribution in [2.45, 2.75) is 33.2 Å². The minimum atomic E-state index is 0.148. The van der Waals surface area contributed by atoms with Gasteiger partial charge in [-0.05, 0) is 19.1 Å². The quantitative estimate of drug-likeness (QED) is 0.730. The molecule has 0 saturated carbocycles. The van der Waals surface area contributed by atoms with Gasteiger partial charge in [-0.15, -0.1) is 5.10 Å². The van der Waals surface area contributed by atoms with Crippen molar-refractivity contribution in [2.24, 2.45) is 7.05 Å². The van der Waals surface area contributed by atoms with Gasteiger partial charge < -0.3 is 14.9 Å². The number of nitrogens with one attached hydrogen (secondary N) is 1. The average molecular weight is 329 g/mol. The summed E-state index contributed by atoms with van der Waals surface area (Å²) >= 11 is 0. The molecule has 0 aliphatic heterocycles. The van der Waals surface area contributed by atoms with Crippen molar-refractivity contribution in [3.8, 4) is 17.1 Å². The van der Waals surface area contributed by atoms with E-state index < -0.39 is 0 Å². The maximum Gasteiger partial charge on any atom is 0.321 e. The van der Waals surface area contributed by atoms with Gasteiger partial charge in [0.05, 0.1) is 23.6 Å². The van der Waals surface area contributed by atoms with Crippen LogP contribution in [0.4, 0.5) is 6.01 Å². The first kappa shape index (κ1) is 15.9. The maximum absolute atomic E-state index is 9.62. The van der Waals surface area contributed by atoms with Crippen LogP contribution in [0.15, 0.2) is 16.7 Å². The second-order valence-corrected chi connectivity index (χ2v) is 5.78. The largest absolute Gasteiger partial charge is 0.506 e. The molecule has 0 saturated heterocycles. The van der Waals surface area contributed by atoms with Crippen LogP contribution in [-0.2, 0) is 13.6 Å². The molecule has 0 atom stereocenters. The van der Waals surface area contributed by atoms with E-state index in [-0.39, 0.29) is 11.7 Å². The predicted octanol–water partition coefficient (Wildman–Crippen LogP) is 2.01. The number of aryl methyl sites for hydroxylation is 2. The standard InChI is InChI=1S/C15H19N7O2/c1-8(2)14-18-15(24-20-14)16-7-11-13(19-21-22(11)4)10-5-6-12(23)9(3)17-10/h5-6,8,23H,7H2,1-4H3,(H,16,18,20). The third-order valence-electron chi connectivity index (χ3n) is 3.61. The van der Waals surface area contributed by atoms with Gasteiger partial charge in [-0.25, -0.2) is 9.67 Å². The van der Waals surface area contributed by atoms with Crippen molar-refractivity contribution in [3.63, 3.8) is 0 Å². The van der Waals surface area contributed by atoms with Crippen LogP contribution in [0, 0.1) is 6.92 Å². The second-order valence-electron chi connectivity index (χ2n) is 5.78. The summed E-state index contributed by atoms with van der Waals surface area (Å²) in [5.74, 6) is 0.994. The van der Waals surface area contributed by atoms with Gasteiger partial charge in [-0.3, -0.25) is 0 Å². The fourth-order valence-corrected chi connectivity index (χ4v) is 2.16. The van der Waals surface area contributed by atoms with E-state index in [0.717, 1.165) is 5.69 Å². The molecular weight excluding hydrogens is 310 g/mol. The van der Waals surface area contributed by atoms with Crippen molar-refractivity contribution < 1.29 is 9.63 Å². The van der Waals surface area contributed by atoms with Crippen LogP contribution in [0.5, 0.6) is 5.75 Å². The molecular formula is C15H19N7O2. The normalized spacial score (nSPS) is 11.2. The molecule has 3 rings (SSSR count). The molecule has 9 nitrogen and oxygen atoms in total. The van der Waals surface area contributed by atoms with Gasteiger partial charge in [0.15, 0.2) is 5.82 Å². The van der Waals surface area contributed by atoms with Crippen LogP contribution in [0.25, 0.3) is 11.4 Å². The Hall–Kier alpha value is -2.97. The van der Waals surface area contributed by atoms with Gasteiger partial charge in [0, 0.05) is 13.0 Å². The van der Waals surface area contributed by atoms with E-state index in [1.165, 1.54) is 0 Å². The minimum absolute atomic E-state index is 0.148. The topological polar surface area (TPSA) is 115 Å². The van der Waals surface area contributed by atoms with Crippen molar-refractivity contribution >= 4 is 6.01 Å². The molecule has 0 radical (unpaired) electrons. The lowest BCUT2D eigenvalue weighted by Crippen LogP contribution is -2.07.